The van der Waals surface area contributed by atoms with Crippen molar-refractivity contribution in [2.45, 2.75) is 0 Å². The molecule has 2 nitrogen and oxygen atoms in total. The standard InChI is InChI=1S/C13H7Cl2FO2/c14-9-4-5-10(15)12(6-9)18-13-8(7-17)2-1-3-11(13)16/h1-7H. The topological polar surface area (TPSA) is 26.3 Å². The summed E-state index contributed by atoms with van der Waals surface area (Å²) in [5, 5.41) is 0.679. The van der Waals surface area contributed by atoms with Gasteiger partial charge in [-0.2, -0.15) is 0 Å². The van der Waals surface area contributed by atoms with Crippen molar-refractivity contribution in [3.63, 3.8) is 0 Å². The zero-order valence-electron chi connectivity index (χ0n) is 8.99. The molecule has 0 heterocycles. The van der Waals surface area contributed by atoms with Gasteiger partial charge in [0.05, 0.1) is 10.6 Å². The van der Waals surface area contributed by atoms with Crippen LogP contribution in [0, 0.1) is 5.82 Å². The van der Waals surface area contributed by atoms with Crippen LogP contribution in [0.3, 0.4) is 0 Å². The van der Waals surface area contributed by atoms with Crippen LogP contribution >= 0.6 is 23.2 Å². The van der Waals surface area contributed by atoms with Gasteiger partial charge in [0.25, 0.3) is 0 Å². The molecule has 0 unspecified atom stereocenters. The van der Waals surface area contributed by atoms with E-state index in [4.69, 9.17) is 27.9 Å². The lowest BCUT2D eigenvalue weighted by Gasteiger charge is -2.10. The van der Waals surface area contributed by atoms with Gasteiger partial charge in [0.15, 0.2) is 17.9 Å². The molecule has 0 aliphatic heterocycles. The Bertz CT molecular complexity index is 600. The summed E-state index contributed by atoms with van der Waals surface area (Å²) in [6, 6.07) is 8.63. The van der Waals surface area contributed by atoms with Crippen molar-refractivity contribution in [3.8, 4) is 11.5 Å². The average Bonchev–Trinajstić information content (AvgIpc) is 2.36. The molecule has 0 saturated carbocycles. The molecule has 5 heteroatoms. The number of aldehydes is 1. The third-order valence-corrected chi connectivity index (χ3v) is 2.78. The molecule has 92 valence electrons. The van der Waals surface area contributed by atoms with E-state index in [0.717, 1.165) is 0 Å². The second kappa shape index (κ2) is 5.38. The largest absolute Gasteiger partial charge is 0.452 e. The molecule has 2 rings (SSSR count). The van der Waals surface area contributed by atoms with Gasteiger partial charge in [-0.15, -0.1) is 0 Å². The van der Waals surface area contributed by atoms with Crippen molar-refractivity contribution in [2.75, 3.05) is 0 Å². The number of halogens is 3. The van der Waals surface area contributed by atoms with Crippen LogP contribution in [-0.2, 0) is 0 Å². The minimum Gasteiger partial charge on any atom is -0.452 e. The molecule has 0 aromatic heterocycles. The Morgan fingerprint density at radius 2 is 1.94 bits per heavy atom. The fourth-order valence-corrected chi connectivity index (χ4v) is 1.71. The lowest BCUT2D eigenvalue weighted by atomic mass is 10.2. The molecule has 0 spiro atoms. The molecule has 0 saturated heterocycles. The Morgan fingerprint density at radius 1 is 1.17 bits per heavy atom. The normalized spacial score (nSPS) is 10.2. The molecular weight excluding hydrogens is 278 g/mol. The molecule has 2 aromatic rings. The number of hydrogen-bond donors (Lipinski definition) is 0. The number of rotatable bonds is 3. The first kappa shape index (κ1) is 12.9. The second-order valence-corrected chi connectivity index (χ2v) is 4.30. The summed E-state index contributed by atoms with van der Waals surface area (Å²) < 4.78 is 18.9. The molecule has 0 aliphatic carbocycles. The predicted octanol–water partition coefficient (Wildman–Crippen LogP) is 4.74. The number of para-hydroxylation sites is 1. The van der Waals surface area contributed by atoms with Crippen LogP contribution in [0.2, 0.25) is 10.0 Å². The van der Waals surface area contributed by atoms with Gasteiger partial charge in [0.1, 0.15) is 5.75 Å². The van der Waals surface area contributed by atoms with E-state index in [0.29, 0.717) is 11.3 Å². The number of carbonyl (C=O) groups is 1. The van der Waals surface area contributed by atoms with Gasteiger partial charge in [-0.25, -0.2) is 4.39 Å². The Labute approximate surface area is 113 Å². The Morgan fingerprint density at radius 3 is 2.67 bits per heavy atom. The maximum absolute atomic E-state index is 13.6. The second-order valence-electron chi connectivity index (χ2n) is 3.45. The molecule has 2 aromatic carbocycles. The van der Waals surface area contributed by atoms with Crippen molar-refractivity contribution >= 4 is 29.5 Å². The number of carbonyl (C=O) groups excluding carboxylic acids is 1. The highest BCUT2D eigenvalue weighted by Crippen LogP contribution is 2.34. The monoisotopic (exact) mass is 284 g/mol. The van der Waals surface area contributed by atoms with Crippen LogP contribution in [0.5, 0.6) is 11.5 Å². The van der Waals surface area contributed by atoms with E-state index in [9.17, 15) is 9.18 Å². The first-order valence-electron chi connectivity index (χ1n) is 4.98. The Kier molecular flexibility index (Phi) is 3.84. The molecule has 0 N–H and O–H groups in total. The zero-order valence-corrected chi connectivity index (χ0v) is 10.5. The molecular formula is C13H7Cl2FO2. The molecule has 0 fully saturated rings. The zero-order chi connectivity index (χ0) is 13.1. The molecule has 0 radical (unpaired) electrons. The van der Waals surface area contributed by atoms with Gasteiger partial charge < -0.3 is 4.74 Å². The van der Waals surface area contributed by atoms with E-state index < -0.39 is 5.82 Å². The minimum absolute atomic E-state index is 0.103. The average molecular weight is 285 g/mol. The number of benzene rings is 2. The number of ether oxygens (including phenoxy) is 1. The summed E-state index contributed by atoms with van der Waals surface area (Å²) in [5.41, 5.74) is 0.103. The quantitative estimate of drug-likeness (QED) is 0.761. The third kappa shape index (κ3) is 2.63. The van der Waals surface area contributed by atoms with Gasteiger partial charge in [-0.05, 0) is 24.3 Å². The first-order chi connectivity index (χ1) is 8.61. The van der Waals surface area contributed by atoms with E-state index in [1.807, 2.05) is 0 Å². The number of hydrogen-bond acceptors (Lipinski definition) is 2. The summed E-state index contributed by atoms with van der Waals surface area (Å²) in [5.74, 6) is -0.621. The fraction of sp³-hybridized carbons (Fsp3) is 0. The van der Waals surface area contributed by atoms with E-state index in [1.165, 1.54) is 30.3 Å². The van der Waals surface area contributed by atoms with Crippen LogP contribution in [-0.4, -0.2) is 6.29 Å². The smallest absolute Gasteiger partial charge is 0.173 e. The van der Waals surface area contributed by atoms with Crippen molar-refractivity contribution in [2.24, 2.45) is 0 Å². The summed E-state index contributed by atoms with van der Waals surface area (Å²) in [7, 11) is 0. The van der Waals surface area contributed by atoms with E-state index in [2.05, 4.69) is 0 Å². The van der Waals surface area contributed by atoms with Gasteiger partial charge in [-0.1, -0.05) is 29.3 Å². The van der Waals surface area contributed by atoms with Gasteiger partial charge in [0.2, 0.25) is 0 Å². The minimum atomic E-state index is -0.643. The third-order valence-electron chi connectivity index (χ3n) is 2.23. The van der Waals surface area contributed by atoms with Gasteiger partial charge in [0, 0.05) is 11.1 Å². The Balaban J connectivity index is 2.45. The maximum Gasteiger partial charge on any atom is 0.173 e. The van der Waals surface area contributed by atoms with Crippen LogP contribution < -0.4 is 4.74 Å². The summed E-state index contributed by atoms with van der Waals surface area (Å²) in [6.07, 6.45) is 0.511. The highest BCUT2D eigenvalue weighted by Gasteiger charge is 2.12. The summed E-state index contributed by atoms with van der Waals surface area (Å²) in [6.45, 7) is 0. The van der Waals surface area contributed by atoms with Crippen molar-refractivity contribution in [1.29, 1.82) is 0 Å². The summed E-state index contributed by atoms with van der Waals surface area (Å²) >= 11 is 11.7. The predicted molar refractivity (Wildman–Crippen MR) is 68.3 cm³/mol. The van der Waals surface area contributed by atoms with Crippen LogP contribution in [0.15, 0.2) is 36.4 Å². The van der Waals surface area contributed by atoms with E-state index in [-0.39, 0.29) is 22.1 Å². The first-order valence-corrected chi connectivity index (χ1v) is 5.74. The van der Waals surface area contributed by atoms with Crippen molar-refractivity contribution < 1.29 is 13.9 Å². The highest BCUT2D eigenvalue weighted by molar-refractivity contribution is 6.34. The molecule has 0 amide bonds. The highest BCUT2D eigenvalue weighted by atomic mass is 35.5. The van der Waals surface area contributed by atoms with Crippen LogP contribution in [0.1, 0.15) is 10.4 Å². The van der Waals surface area contributed by atoms with Gasteiger partial charge >= 0.3 is 0 Å². The SMILES string of the molecule is O=Cc1cccc(F)c1Oc1cc(Cl)ccc1Cl. The van der Waals surface area contributed by atoms with Gasteiger partial charge in [-0.3, -0.25) is 4.79 Å². The van der Waals surface area contributed by atoms with E-state index >= 15 is 0 Å². The molecule has 18 heavy (non-hydrogen) atoms. The van der Waals surface area contributed by atoms with Crippen molar-refractivity contribution in [3.05, 3.63) is 57.8 Å². The maximum atomic E-state index is 13.6. The van der Waals surface area contributed by atoms with Crippen molar-refractivity contribution in [1.82, 2.24) is 0 Å². The lowest BCUT2D eigenvalue weighted by molar-refractivity contribution is 0.112. The van der Waals surface area contributed by atoms with Crippen LogP contribution in [0.4, 0.5) is 4.39 Å². The molecule has 0 atom stereocenters. The molecule has 0 aliphatic rings. The fourth-order valence-electron chi connectivity index (χ4n) is 1.39. The van der Waals surface area contributed by atoms with Crippen LogP contribution in [0.25, 0.3) is 0 Å². The Hall–Kier alpha value is -1.58. The molecule has 0 bridgehead atoms. The summed E-state index contributed by atoms with van der Waals surface area (Å²) in [4.78, 5) is 10.8. The lowest BCUT2D eigenvalue weighted by Crippen LogP contribution is -1.94. The van der Waals surface area contributed by atoms with E-state index in [1.54, 1.807) is 6.07 Å².